The molecular formula is C26H23ClN4O7. The molecule has 3 rings (SSSR count). The molecule has 3 aromatic carbocycles. The summed E-state index contributed by atoms with van der Waals surface area (Å²) in [4.78, 5) is 46.7. The number of carbonyl (C=O) groups excluding carboxylic acids is 3. The zero-order valence-electron chi connectivity index (χ0n) is 20.2. The van der Waals surface area contributed by atoms with E-state index in [-0.39, 0.29) is 41.0 Å². The molecule has 0 heterocycles. The third-order valence-corrected chi connectivity index (χ3v) is 5.42. The number of hydrazone groups is 1. The van der Waals surface area contributed by atoms with Crippen LogP contribution in [0.15, 0.2) is 71.8 Å². The molecule has 2 N–H and O–H groups in total. The van der Waals surface area contributed by atoms with Gasteiger partial charge >= 0.3 is 5.97 Å². The lowest BCUT2D eigenvalue weighted by Gasteiger charge is -2.10. The van der Waals surface area contributed by atoms with Crippen LogP contribution in [0.5, 0.6) is 11.5 Å². The van der Waals surface area contributed by atoms with Crippen LogP contribution < -0.4 is 20.2 Å². The third kappa shape index (κ3) is 7.87. The number of non-ortho nitro benzene ring substituents is 1. The maximum Gasteiger partial charge on any atom is 0.343 e. The fraction of sp³-hybridized carbons (Fsp3) is 0.154. The molecule has 0 unspecified atom stereocenters. The van der Waals surface area contributed by atoms with Gasteiger partial charge in [-0.3, -0.25) is 19.7 Å². The number of amides is 2. The average molecular weight is 539 g/mol. The molecule has 2 amide bonds. The van der Waals surface area contributed by atoms with Crippen LogP contribution in [0.2, 0.25) is 5.02 Å². The zero-order valence-corrected chi connectivity index (χ0v) is 20.9. The monoisotopic (exact) mass is 538 g/mol. The zero-order chi connectivity index (χ0) is 27.5. The van der Waals surface area contributed by atoms with Crippen LogP contribution in [0.25, 0.3) is 0 Å². The molecule has 0 aromatic heterocycles. The largest absolute Gasteiger partial charge is 0.493 e. The van der Waals surface area contributed by atoms with Gasteiger partial charge in [-0.2, -0.15) is 5.10 Å². The highest BCUT2D eigenvalue weighted by atomic mass is 35.5. The number of nitro groups is 1. The van der Waals surface area contributed by atoms with Gasteiger partial charge in [0.2, 0.25) is 5.91 Å². The van der Waals surface area contributed by atoms with Gasteiger partial charge in [0.1, 0.15) is 0 Å². The van der Waals surface area contributed by atoms with Crippen molar-refractivity contribution in [1.82, 2.24) is 10.7 Å². The van der Waals surface area contributed by atoms with Crippen LogP contribution in [0.4, 0.5) is 5.69 Å². The van der Waals surface area contributed by atoms with Gasteiger partial charge in [0, 0.05) is 25.1 Å². The number of esters is 1. The first kappa shape index (κ1) is 27.8. The number of ether oxygens (including phenoxy) is 2. The van der Waals surface area contributed by atoms with E-state index >= 15 is 0 Å². The van der Waals surface area contributed by atoms with Crippen LogP contribution >= 0.6 is 11.6 Å². The number of halogens is 1. The molecule has 0 aliphatic carbocycles. The number of hydrogen-bond donors (Lipinski definition) is 2. The fourth-order valence-corrected chi connectivity index (χ4v) is 3.37. The fourth-order valence-electron chi connectivity index (χ4n) is 3.15. The summed E-state index contributed by atoms with van der Waals surface area (Å²) in [6, 6.07) is 16.3. The number of methoxy groups -OCH3 is 1. The Hall–Kier alpha value is -4.77. The van der Waals surface area contributed by atoms with Gasteiger partial charge in [-0.25, -0.2) is 10.2 Å². The highest BCUT2D eigenvalue weighted by molar-refractivity contribution is 6.33. The lowest BCUT2D eigenvalue weighted by Crippen LogP contribution is -2.26. The minimum atomic E-state index is -0.713. The molecule has 0 saturated carbocycles. The van der Waals surface area contributed by atoms with Crippen molar-refractivity contribution < 1.29 is 28.8 Å². The summed E-state index contributed by atoms with van der Waals surface area (Å²) < 4.78 is 10.6. The van der Waals surface area contributed by atoms with Crippen LogP contribution in [0.1, 0.15) is 39.1 Å². The van der Waals surface area contributed by atoms with E-state index in [1.165, 1.54) is 43.7 Å². The van der Waals surface area contributed by atoms with Gasteiger partial charge in [-0.1, -0.05) is 23.7 Å². The lowest BCUT2D eigenvalue weighted by molar-refractivity contribution is -0.384. The number of nitrogens with zero attached hydrogens (tertiary/aromatic N) is 2. The Kier molecular flexibility index (Phi) is 9.89. The first-order chi connectivity index (χ1) is 18.3. The SMILES string of the molecule is COc1cc(C=NNC(=O)CCCNC(=O)c2ccccc2Cl)ccc1OC(=O)c1ccc([N+](=O)[O-])cc1. The predicted molar refractivity (Wildman–Crippen MR) is 140 cm³/mol. The molecule has 0 saturated heterocycles. The van der Waals surface area contributed by atoms with Gasteiger partial charge in [-0.15, -0.1) is 0 Å². The van der Waals surface area contributed by atoms with Crippen molar-refractivity contribution in [3.05, 3.63) is 98.6 Å². The molecule has 0 bridgehead atoms. The van der Waals surface area contributed by atoms with Crippen molar-refractivity contribution in [2.75, 3.05) is 13.7 Å². The molecule has 11 nitrogen and oxygen atoms in total. The lowest BCUT2D eigenvalue weighted by atomic mass is 10.2. The first-order valence-electron chi connectivity index (χ1n) is 11.3. The third-order valence-electron chi connectivity index (χ3n) is 5.09. The summed E-state index contributed by atoms with van der Waals surface area (Å²) in [7, 11) is 1.39. The van der Waals surface area contributed by atoms with Crippen LogP contribution in [0.3, 0.4) is 0 Å². The average Bonchev–Trinajstić information content (AvgIpc) is 2.92. The van der Waals surface area contributed by atoms with Gasteiger partial charge in [0.25, 0.3) is 11.6 Å². The predicted octanol–water partition coefficient (Wildman–Crippen LogP) is 4.14. The molecule has 0 aliphatic heterocycles. The summed E-state index contributed by atoms with van der Waals surface area (Å²) in [5.41, 5.74) is 3.32. The number of nitrogens with one attached hydrogen (secondary N) is 2. The molecule has 0 atom stereocenters. The number of rotatable bonds is 11. The summed E-state index contributed by atoms with van der Waals surface area (Å²) in [5, 5.41) is 17.7. The minimum absolute atomic E-state index is 0.134. The Labute approximate surface area is 222 Å². The molecule has 0 aliphatic rings. The Morgan fingerprint density at radius 2 is 1.79 bits per heavy atom. The molecule has 0 radical (unpaired) electrons. The van der Waals surface area contributed by atoms with Gasteiger partial charge in [0.15, 0.2) is 11.5 Å². The summed E-state index contributed by atoms with van der Waals surface area (Å²) >= 11 is 5.99. The first-order valence-corrected chi connectivity index (χ1v) is 11.7. The van der Waals surface area contributed by atoms with Crippen molar-refractivity contribution in [2.24, 2.45) is 5.10 Å². The number of carbonyl (C=O) groups is 3. The quantitative estimate of drug-likeness (QED) is 0.0930. The van der Waals surface area contributed by atoms with E-state index in [0.29, 0.717) is 29.1 Å². The molecular weight excluding hydrogens is 516 g/mol. The molecule has 196 valence electrons. The number of nitro benzene ring substituents is 1. The maximum atomic E-state index is 12.4. The number of benzene rings is 3. The molecule has 0 fully saturated rings. The van der Waals surface area contributed by atoms with E-state index in [9.17, 15) is 24.5 Å². The van der Waals surface area contributed by atoms with Crippen molar-refractivity contribution in [3.8, 4) is 11.5 Å². The smallest absolute Gasteiger partial charge is 0.343 e. The van der Waals surface area contributed by atoms with Crippen molar-refractivity contribution >= 4 is 41.3 Å². The standard InChI is InChI=1S/C26H23ClN4O7/c1-37-23-15-17(8-13-22(23)38-26(34)18-9-11-19(12-10-18)31(35)36)16-29-30-24(32)7-4-14-28-25(33)20-5-2-3-6-21(20)27/h2-3,5-6,8-13,15-16H,4,7,14H2,1H3,(H,28,33)(H,30,32). The van der Waals surface area contributed by atoms with E-state index in [1.807, 2.05) is 0 Å². The van der Waals surface area contributed by atoms with Crippen molar-refractivity contribution in [3.63, 3.8) is 0 Å². The highest BCUT2D eigenvalue weighted by Gasteiger charge is 2.15. The highest BCUT2D eigenvalue weighted by Crippen LogP contribution is 2.28. The van der Waals surface area contributed by atoms with E-state index < -0.39 is 10.9 Å². The van der Waals surface area contributed by atoms with Gasteiger partial charge in [-0.05, 0) is 54.4 Å². The van der Waals surface area contributed by atoms with Crippen LogP contribution in [-0.4, -0.2) is 42.6 Å². The van der Waals surface area contributed by atoms with Gasteiger partial charge < -0.3 is 14.8 Å². The van der Waals surface area contributed by atoms with E-state index in [2.05, 4.69) is 15.8 Å². The summed E-state index contributed by atoms with van der Waals surface area (Å²) in [6.45, 7) is 0.290. The van der Waals surface area contributed by atoms with Crippen LogP contribution in [-0.2, 0) is 4.79 Å². The Morgan fingerprint density at radius 3 is 2.47 bits per heavy atom. The summed E-state index contributed by atoms with van der Waals surface area (Å²) in [5.74, 6) is -0.991. The summed E-state index contributed by atoms with van der Waals surface area (Å²) in [6.07, 6.45) is 1.93. The molecule has 3 aromatic rings. The Morgan fingerprint density at radius 1 is 1.05 bits per heavy atom. The second kappa shape index (κ2) is 13.5. The molecule has 12 heteroatoms. The Bertz CT molecular complexity index is 1360. The van der Waals surface area contributed by atoms with Gasteiger partial charge in [0.05, 0.1) is 34.4 Å². The van der Waals surface area contributed by atoms with Crippen molar-refractivity contribution in [2.45, 2.75) is 12.8 Å². The van der Waals surface area contributed by atoms with E-state index in [1.54, 1.807) is 36.4 Å². The topological polar surface area (TPSA) is 149 Å². The Balaban J connectivity index is 1.47. The second-order valence-electron chi connectivity index (χ2n) is 7.74. The normalized spacial score (nSPS) is 10.6. The van der Waals surface area contributed by atoms with E-state index in [4.69, 9.17) is 21.1 Å². The van der Waals surface area contributed by atoms with E-state index in [0.717, 1.165) is 0 Å². The van der Waals surface area contributed by atoms with Crippen LogP contribution in [0, 0.1) is 10.1 Å². The molecule has 38 heavy (non-hydrogen) atoms. The maximum absolute atomic E-state index is 12.4. The van der Waals surface area contributed by atoms with Crippen molar-refractivity contribution in [1.29, 1.82) is 0 Å². The second-order valence-corrected chi connectivity index (χ2v) is 8.14. The molecule has 0 spiro atoms. The minimum Gasteiger partial charge on any atom is -0.493 e. The number of hydrogen-bond acceptors (Lipinski definition) is 8.